The molecule has 0 saturated heterocycles. The lowest BCUT2D eigenvalue weighted by Gasteiger charge is -2.22. The molecule has 1 aromatic heterocycles. The van der Waals surface area contributed by atoms with Crippen LogP contribution in [0.2, 0.25) is 5.02 Å². The smallest absolute Gasteiger partial charge is 0.133 e. The minimum absolute atomic E-state index is 0.318. The molecular weight excluding hydrogens is 267 g/mol. The molecule has 0 saturated carbocycles. The van der Waals surface area contributed by atoms with Crippen LogP contribution in [0.4, 0.5) is 11.5 Å². The van der Waals surface area contributed by atoms with Gasteiger partial charge in [0, 0.05) is 12.2 Å². The van der Waals surface area contributed by atoms with E-state index in [9.17, 15) is 0 Å². The highest BCUT2D eigenvalue weighted by molar-refractivity contribution is 6.32. The Hall–Kier alpha value is -1.25. The average Bonchev–Trinajstić information content (AvgIpc) is 2.42. The number of nitrogens with zero attached hydrogens (tertiary/aromatic N) is 2. The molecule has 4 heteroatoms. The molecule has 2 nitrogen and oxygen atoms in total. The number of anilines is 2. The molecular formula is C14H14Cl2N2. The van der Waals surface area contributed by atoms with Crippen molar-refractivity contribution in [2.24, 2.45) is 0 Å². The molecule has 94 valence electrons. The second-order valence-electron chi connectivity index (χ2n) is 3.81. The number of alkyl halides is 1. The van der Waals surface area contributed by atoms with Gasteiger partial charge in [-0.2, -0.15) is 0 Å². The van der Waals surface area contributed by atoms with E-state index in [2.05, 4.69) is 28.9 Å². The van der Waals surface area contributed by atoms with E-state index in [1.54, 1.807) is 0 Å². The fraction of sp³-hybridized carbons (Fsp3) is 0.214. The van der Waals surface area contributed by atoms with Crippen LogP contribution >= 0.6 is 23.2 Å². The van der Waals surface area contributed by atoms with Gasteiger partial charge in [0.15, 0.2) is 0 Å². The zero-order valence-corrected chi connectivity index (χ0v) is 11.6. The Morgan fingerprint density at radius 2 is 1.83 bits per heavy atom. The molecule has 0 aliphatic heterocycles. The SMILES string of the molecule is CCN(c1ccccc1)c1ccc(Cl)c(CCl)n1. The zero-order chi connectivity index (χ0) is 13.0. The summed E-state index contributed by atoms with van der Waals surface area (Å²) in [5, 5.41) is 0.609. The molecule has 0 amide bonds. The van der Waals surface area contributed by atoms with E-state index in [0.717, 1.165) is 18.1 Å². The first-order valence-corrected chi connectivity index (χ1v) is 6.71. The van der Waals surface area contributed by atoms with Gasteiger partial charge in [-0.1, -0.05) is 29.8 Å². The third-order valence-electron chi connectivity index (χ3n) is 2.69. The Labute approximate surface area is 117 Å². The number of hydrogen-bond acceptors (Lipinski definition) is 2. The first-order valence-electron chi connectivity index (χ1n) is 5.80. The number of para-hydroxylation sites is 1. The van der Waals surface area contributed by atoms with Gasteiger partial charge >= 0.3 is 0 Å². The predicted molar refractivity (Wildman–Crippen MR) is 77.9 cm³/mol. The van der Waals surface area contributed by atoms with E-state index in [0.29, 0.717) is 16.6 Å². The van der Waals surface area contributed by atoms with Gasteiger partial charge in [-0.05, 0) is 31.2 Å². The Balaban J connectivity index is 2.39. The lowest BCUT2D eigenvalue weighted by Crippen LogP contribution is -2.17. The lowest BCUT2D eigenvalue weighted by atomic mass is 10.2. The summed E-state index contributed by atoms with van der Waals surface area (Å²) >= 11 is 11.9. The number of halogens is 2. The Kier molecular flexibility index (Phi) is 4.45. The summed E-state index contributed by atoms with van der Waals surface area (Å²) in [7, 11) is 0. The highest BCUT2D eigenvalue weighted by Crippen LogP contribution is 2.26. The number of hydrogen-bond donors (Lipinski definition) is 0. The van der Waals surface area contributed by atoms with Crippen molar-refractivity contribution < 1.29 is 0 Å². The number of benzene rings is 1. The van der Waals surface area contributed by atoms with Gasteiger partial charge in [0.05, 0.1) is 16.6 Å². The van der Waals surface area contributed by atoms with Crippen LogP contribution in [0, 0.1) is 0 Å². The number of pyridine rings is 1. The molecule has 2 rings (SSSR count). The van der Waals surface area contributed by atoms with Crippen molar-refractivity contribution in [2.45, 2.75) is 12.8 Å². The molecule has 0 aliphatic carbocycles. The first-order chi connectivity index (χ1) is 8.76. The number of aromatic nitrogens is 1. The topological polar surface area (TPSA) is 16.1 Å². The second kappa shape index (κ2) is 6.07. The Bertz CT molecular complexity index is 514. The predicted octanol–water partition coefficient (Wildman–Crippen LogP) is 4.63. The van der Waals surface area contributed by atoms with Gasteiger partial charge in [0.1, 0.15) is 5.82 Å². The van der Waals surface area contributed by atoms with Gasteiger partial charge in [0.2, 0.25) is 0 Å². The summed E-state index contributed by atoms with van der Waals surface area (Å²) in [5.74, 6) is 1.18. The van der Waals surface area contributed by atoms with Crippen molar-refractivity contribution in [3.05, 3.63) is 53.2 Å². The summed E-state index contributed by atoms with van der Waals surface area (Å²) < 4.78 is 0. The van der Waals surface area contributed by atoms with Crippen molar-refractivity contribution in [1.29, 1.82) is 0 Å². The molecule has 0 fully saturated rings. The van der Waals surface area contributed by atoms with Crippen molar-refractivity contribution in [2.75, 3.05) is 11.4 Å². The van der Waals surface area contributed by atoms with Crippen LogP contribution in [0.5, 0.6) is 0 Å². The third kappa shape index (κ3) is 2.77. The summed E-state index contributed by atoms with van der Waals surface area (Å²) in [6.07, 6.45) is 0. The van der Waals surface area contributed by atoms with Crippen molar-refractivity contribution in [1.82, 2.24) is 4.98 Å². The Morgan fingerprint density at radius 1 is 1.11 bits per heavy atom. The van der Waals surface area contributed by atoms with Crippen molar-refractivity contribution in [3.8, 4) is 0 Å². The van der Waals surface area contributed by atoms with Crippen LogP contribution < -0.4 is 4.90 Å². The zero-order valence-electron chi connectivity index (χ0n) is 10.1. The van der Waals surface area contributed by atoms with E-state index in [1.807, 2.05) is 30.3 Å². The molecule has 1 heterocycles. The molecule has 0 radical (unpaired) electrons. The summed E-state index contributed by atoms with van der Waals surface area (Å²) in [6, 6.07) is 13.9. The van der Waals surface area contributed by atoms with E-state index < -0.39 is 0 Å². The average molecular weight is 281 g/mol. The van der Waals surface area contributed by atoms with Crippen LogP contribution in [-0.2, 0) is 5.88 Å². The Morgan fingerprint density at radius 3 is 2.44 bits per heavy atom. The van der Waals surface area contributed by atoms with Crippen molar-refractivity contribution in [3.63, 3.8) is 0 Å². The van der Waals surface area contributed by atoms with Crippen LogP contribution in [0.25, 0.3) is 0 Å². The fourth-order valence-corrected chi connectivity index (χ4v) is 2.25. The molecule has 2 aromatic rings. The fourth-order valence-electron chi connectivity index (χ4n) is 1.80. The highest BCUT2D eigenvalue weighted by atomic mass is 35.5. The third-order valence-corrected chi connectivity index (χ3v) is 3.29. The maximum Gasteiger partial charge on any atom is 0.133 e. The molecule has 0 spiro atoms. The number of rotatable bonds is 4. The summed E-state index contributed by atoms with van der Waals surface area (Å²) in [5.41, 5.74) is 1.82. The molecule has 0 aliphatic rings. The molecule has 0 atom stereocenters. The van der Waals surface area contributed by atoms with Crippen LogP contribution in [0.15, 0.2) is 42.5 Å². The lowest BCUT2D eigenvalue weighted by molar-refractivity contribution is 0.976. The molecule has 0 unspecified atom stereocenters. The molecule has 0 N–H and O–H groups in total. The first kappa shape index (κ1) is 13.2. The summed E-state index contributed by atoms with van der Waals surface area (Å²) in [6.45, 7) is 2.92. The van der Waals surface area contributed by atoms with Gasteiger partial charge in [0.25, 0.3) is 0 Å². The van der Waals surface area contributed by atoms with E-state index in [-0.39, 0.29) is 0 Å². The van der Waals surface area contributed by atoms with Crippen LogP contribution in [-0.4, -0.2) is 11.5 Å². The van der Waals surface area contributed by atoms with Gasteiger partial charge < -0.3 is 4.90 Å². The molecule has 18 heavy (non-hydrogen) atoms. The van der Waals surface area contributed by atoms with E-state index in [1.165, 1.54) is 0 Å². The monoisotopic (exact) mass is 280 g/mol. The summed E-state index contributed by atoms with van der Waals surface area (Å²) in [4.78, 5) is 6.62. The second-order valence-corrected chi connectivity index (χ2v) is 4.49. The normalized spacial score (nSPS) is 10.4. The van der Waals surface area contributed by atoms with Crippen molar-refractivity contribution >= 4 is 34.7 Å². The molecule has 0 bridgehead atoms. The van der Waals surface area contributed by atoms with Gasteiger partial charge in [-0.3, -0.25) is 0 Å². The van der Waals surface area contributed by atoms with E-state index >= 15 is 0 Å². The highest BCUT2D eigenvalue weighted by Gasteiger charge is 2.10. The van der Waals surface area contributed by atoms with Crippen LogP contribution in [0.1, 0.15) is 12.6 Å². The standard InChI is InChI=1S/C14H14Cl2N2/c1-2-18(11-6-4-3-5-7-11)14-9-8-12(16)13(10-15)17-14/h3-9H,2,10H2,1H3. The molecule has 1 aromatic carbocycles. The maximum absolute atomic E-state index is 6.02. The maximum atomic E-state index is 6.02. The van der Waals surface area contributed by atoms with E-state index in [4.69, 9.17) is 23.2 Å². The van der Waals surface area contributed by atoms with Gasteiger partial charge in [-0.15, -0.1) is 11.6 Å². The minimum atomic E-state index is 0.318. The van der Waals surface area contributed by atoms with Crippen LogP contribution in [0.3, 0.4) is 0 Å². The minimum Gasteiger partial charge on any atom is -0.327 e. The quantitative estimate of drug-likeness (QED) is 0.759. The van der Waals surface area contributed by atoms with Gasteiger partial charge in [-0.25, -0.2) is 4.98 Å². The largest absolute Gasteiger partial charge is 0.327 e.